The zero-order valence-electron chi connectivity index (χ0n) is 27.4. The van der Waals surface area contributed by atoms with Crippen molar-refractivity contribution in [1.82, 2.24) is 0 Å². The van der Waals surface area contributed by atoms with Gasteiger partial charge in [-0.25, -0.2) is 0 Å². The van der Waals surface area contributed by atoms with E-state index in [4.69, 9.17) is 0 Å². The lowest BCUT2D eigenvalue weighted by molar-refractivity contribution is 1.29. The van der Waals surface area contributed by atoms with Crippen LogP contribution in [-0.2, 0) is 0 Å². The minimum absolute atomic E-state index is 0.631. The number of nitriles is 2. The number of nitrogens with zero attached hydrogens (tertiary/aromatic N) is 4. The fourth-order valence-corrected chi connectivity index (χ4v) is 8.10. The molecule has 0 atom stereocenters. The Morgan fingerprint density at radius 1 is 0.353 bits per heavy atom. The molecule has 0 aliphatic heterocycles. The van der Waals surface area contributed by atoms with Gasteiger partial charge in [0, 0.05) is 54.3 Å². The summed E-state index contributed by atoms with van der Waals surface area (Å²) in [6.45, 7) is 0. The van der Waals surface area contributed by atoms with Crippen molar-refractivity contribution in [3.63, 3.8) is 0 Å². The van der Waals surface area contributed by atoms with Crippen molar-refractivity contribution in [3.8, 4) is 12.1 Å². The molecule has 0 fully saturated rings. The number of benzene rings is 8. The van der Waals surface area contributed by atoms with Gasteiger partial charge in [0.1, 0.15) is 0 Å². The molecule has 0 spiro atoms. The average molecular weight is 669 g/mol. The highest BCUT2D eigenvalue weighted by Gasteiger charge is 2.18. The SMILES string of the molecule is N#Cc1ccc(N(c2ccc3ccccc3c2)c2ccc3c(c2)sc2cc(N(c4ccc(C#N)cc4)c4ccc5ccccc5c4)ccc23)cc1. The van der Waals surface area contributed by atoms with Gasteiger partial charge in [0.25, 0.3) is 0 Å². The van der Waals surface area contributed by atoms with Crippen LogP contribution in [-0.4, -0.2) is 0 Å². The van der Waals surface area contributed by atoms with Crippen LogP contribution >= 0.6 is 11.3 Å². The summed E-state index contributed by atoms with van der Waals surface area (Å²) in [7, 11) is 0. The molecule has 51 heavy (non-hydrogen) atoms. The Morgan fingerprint density at radius 2 is 0.706 bits per heavy atom. The minimum Gasteiger partial charge on any atom is -0.310 e. The highest BCUT2D eigenvalue weighted by atomic mass is 32.1. The second-order valence-corrected chi connectivity index (χ2v) is 13.6. The summed E-state index contributed by atoms with van der Waals surface area (Å²) < 4.78 is 2.38. The Balaban J connectivity index is 1.17. The standard InChI is InChI=1S/C46H28N4S/c47-29-31-9-15-37(16-10-31)49(39-19-13-33-5-1-3-7-35(33)25-39)41-21-23-43-44-24-22-42(28-46(44)51-45(43)27-41)50(38-17-11-32(30-48)12-18-38)40-20-14-34-6-2-4-8-36(34)26-40/h1-28H. The Labute approximate surface area is 299 Å². The maximum Gasteiger partial charge on any atom is 0.0991 e. The van der Waals surface area contributed by atoms with Crippen LogP contribution in [0.2, 0.25) is 0 Å². The topological polar surface area (TPSA) is 54.1 Å². The summed E-state index contributed by atoms with van der Waals surface area (Å²) in [4.78, 5) is 4.52. The number of fused-ring (bicyclic) bond motifs is 5. The van der Waals surface area contributed by atoms with Crippen LogP contribution in [0.15, 0.2) is 170 Å². The number of rotatable bonds is 6. The largest absolute Gasteiger partial charge is 0.310 e. The van der Waals surface area contributed by atoms with Gasteiger partial charge >= 0.3 is 0 Å². The predicted molar refractivity (Wildman–Crippen MR) is 213 cm³/mol. The maximum atomic E-state index is 9.48. The van der Waals surface area contributed by atoms with E-state index >= 15 is 0 Å². The summed E-state index contributed by atoms with van der Waals surface area (Å²) >= 11 is 1.78. The first-order valence-electron chi connectivity index (χ1n) is 16.7. The number of hydrogen-bond acceptors (Lipinski definition) is 5. The van der Waals surface area contributed by atoms with Crippen molar-refractivity contribution in [2.45, 2.75) is 0 Å². The van der Waals surface area contributed by atoms with Gasteiger partial charge < -0.3 is 9.80 Å². The lowest BCUT2D eigenvalue weighted by Gasteiger charge is -2.26. The van der Waals surface area contributed by atoms with Crippen molar-refractivity contribution in [2.75, 3.05) is 9.80 Å². The summed E-state index contributed by atoms with van der Waals surface area (Å²) in [5.41, 5.74) is 7.43. The molecule has 0 unspecified atom stereocenters. The molecule has 5 heteroatoms. The third-order valence-corrected chi connectivity index (χ3v) is 10.6. The summed E-state index contributed by atoms with van der Waals surface area (Å²) in [6.07, 6.45) is 0. The van der Waals surface area contributed by atoms with E-state index in [1.807, 2.05) is 48.5 Å². The number of hydrogen-bond donors (Lipinski definition) is 0. The fraction of sp³-hybridized carbons (Fsp3) is 0. The molecule has 0 aliphatic carbocycles. The number of anilines is 6. The third-order valence-electron chi connectivity index (χ3n) is 9.45. The van der Waals surface area contributed by atoms with Crippen molar-refractivity contribution in [1.29, 1.82) is 10.5 Å². The molecule has 0 saturated heterocycles. The molecule has 9 rings (SSSR count). The lowest BCUT2D eigenvalue weighted by atomic mass is 10.1. The molecule has 9 aromatic rings. The van der Waals surface area contributed by atoms with E-state index in [-0.39, 0.29) is 0 Å². The molecule has 0 saturated carbocycles. The van der Waals surface area contributed by atoms with E-state index in [1.165, 1.54) is 41.7 Å². The fourth-order valence-electron chi connectivity index (χ4n) is 6.93. The van der Waals surface area contributed by atoms with Gasteiger partial charge in [-0.1, -0.05) is 72.8 Å². The van der Waals surface area contributed by atoms with Gasteiger partial charge in [-0.2, -0.15) is 10.5 Å². The van der Waals surface area contributed by atoms with Gasteiger partial charge in [0.2, 0.25) is 0 Å². The first-order chi connectivity index (χ1) is 25.1. The van der Waals surface area contributed by atoms with Crippen LogP contribution in [0.25, 0.3) is 41.7 Å². The van der Waals surface area contributed by atoms with Gasteiger partial charge in [-0.3, -0.25) is 0 Å². The molecular weight excluding hydrogens is 641 g/mol. The summed E-state index contributed by atoms with van der Waals surface area (Å²) in [6, 6.07) is 63.3. The molecule has 0 aliphatic rings. The van der Waals surface area contributed by atoms with Crippen molar-refractivity contribution in [3.05, 3.63) is 181 Å². The first-order valence-corrected chi connectivity index (χ1v) is 17.5. The van der Waals surface area contributed by atoms with Crippen molar-refractivity contribution >= 4 is 87.2 Å². The Morgan fingerprint density at radius 3 is 1.12 bits per heavy atom. The molecule has 0 bridgehead atoms. The first kappa shape index (κ1) is 30.2. The molecule has 0 N–H and O–H groups in total. The number of thiophene rings is 1. The van der Waals surface area contributed by atoms with Gasteiger partial charge in [-0.15, -0.1) is 11.3 Å². The van der Waals surface area contributed by atoms with Crippen LogP contribution in [0.5, 0.6) is 0 Å². The van der Waals surface area contributed by atoms with Gasteiger partial charge in [0.05, 0.1) is 23.3 Å². The van der Waals surface area contributed by atoms with Crippen LogP contribution in [0.1, 0.15) is 11.1 Å². The Bertz CT molecular complexity index is 2640. The van der Waals surface area contributed by atoms with E-state index in [2.05, 4.69) is 143 Å². The van der Waals surface area contributed by atoms with Gasteiger partial charge in [0.15, 0.2) is 0 Å². The maximum absolute atomic E-state index is 9.48. The summed E-state index contributed by atoms with van der Waals surface area (Å²) in [5.74, 6) is 0. The monoisotopic (exact) mass is 668 g/mol. The zero-order valence-corrected chi connectivity index (χ0v) is 28.2. The zero-order chi connectivity index (χ0) is 34.3. The lowest BCUT2D eigenvalue weighted by Crippen LogP contribution is -2.09. The van der Waals surface area contributed by atoms with Crippen LogP contribution < -0.4 is 9.80 Å². The molecular formula is C46H28N4S. The highest BCUT2D eigenvalue weighted by molar-refractivity contribution is 7.25. The van der Waals surface area contributed by atoms with Gasteiger partial charge in [-0.05, 0) is 119 Å². The minimum atomic E-state index is 0.631. The second-order valence-electron chi connectivity index (χ2n) is 12.5. The third kappa shape index (κ3) is 5.49. The quantitative estimate of drug-likeness (QED) is 0.177. The molecule has 8 aromatic carbocycles. The average Bonchev–Trinajstić information content (AvgIpc) is 3.56. The van der Waals surface area contributed by atoms with E-state index < -0.39 is 0 Å². The van der Waals surface area contributed by atoms with Crippen LogP contribution in [0.4, 0.5) is 34.1 Å². The van der Waals surface area contributed by atoms with E-state index in [0.29, 0.717) is 11.1 Å². The highest BCUT2D eigenvalue weighted by Crippen LogP contribution is 2.44. The van der Waals surface area contributed by atoms with Crippen LogP contribution in [0.3, 0.4) is 0 Å². The van der Waals surface area contributed by atoms with Crippen LogP contribution in [0, 0.1) is 22.7 Å². The van der Waals surface area contributed by atoms with Crippen molar-refractivity contribution in [2.24, 2.45) is 0 Å². The molecule has 0 amide bonds. The molecule has 0 radical (unpaired) electrons. The smallest absolute Gasteiger partial charge is 0.0991 e. The Kier molecular flexibility index (Phi) is 7.40. The summed E-state index contributed by atoms with van der Waals surface area (Å²) in [5, 5.41) is 26.1. The molecule has 238 valence electrons. The van der Waals surface area contributed by atoms with Crippen molar-refractivity contribution < 1.29 is 0 Å². The van der Waals surface area contributed by atoms with E-state index in [9.17, 15) is 10.5 Å². The molecule has 4 nitrogen and oxygen atoms in total. The van der Waals surface area contributed by atoms with E-state index in [0.717, 1.165) is 34.1 Å². The second kappa shape index (κ2) is 12.5. The van der Waals surface area contributed by atoms with E-state index in [1.54, 1.807) is 11.3 Å². The molecule has 1 aromatic heterocycles. The normalized spacial score (nSPS) is 11.1. The predicted octanol–water partition coefficient (Wildman–Crippen LogP) is 13.0. The Hall–Kier alpha value is -6.92. The molecule has 1 heterocycles.